The summed E-state index contributed by atoms with van der Waals surface area (Å²) in [6.07, 6.45) is 3.31. The van der Waals surface area contributed by atoms with E-state index in [2.05, 4.69) is 18.7 Å². The van der Waals surface area contributed by atoms with Crippen LogP contribution in [0.5, 0.6) is 0 Å². The molecule has 2 heterocycles. The predicted octanol–water partition coefficient (Wildman–Crippen LogP) is 3.86. The summed E-state index contributed by atoms with van der Waals surface area (Å²) in [4.78, 5) is 29.2. The number of hydrogen-bond acceptors (Lipinski definition) is 5. The van der Waals surface area contributed by atoms with Crippen molar-refractivity contribution < 1.29 is 19.1 Å². The molecule has 1 aliphatic heterocycles. The van der Waals surface area contributed by atoms with Gasteiger partial charge in [-0.1, -0.05) is 36.4 Å². The fraction of sp³-hybridized carbons (Fsp3) is 0.308. The SMILES string of the molecule is C[C@@H]1CN(C(=O)c2cccc(-c3ccoc3)c2)C[C@H](C)N1Cc1ccc(C(=O)CO)cc1. The van der Waals surface area contributed by atoms with Gasteiger partial charge in [0.1, 0.15) is 6.61 Å². The fourth-order valence-electron chi connectivity index (χ4n) is 4.38. The van der Waals surface area contributed by atoms with Crippen LogP contribution < -0.4 is 0 Å². The number of aliphatic hydroxyl groups excluding tert-OH is 1. The van der Waals surface area contributed by atoms with Gasteiger partial charge in [0.25, 0.3) is 5.91 Å². The Morgan fingerprint density at radius 1 is 0.969 bits per heavy atom. The fourth-order valence-corrected chi connectivity index (χ4v) is 4.38. The number of Topliss-reactive ketones (excluding diaryl/α,β-unsaturated/α-hetero) is 1. The third-order valence-electron chi connectivity index (χ3n) is 6.14. The van der Waals surface area contributed by atoms with E-state index in [-0.39, 0.29) is 23.8 Å². The smallest absolute Gasteiger partial charge is 0.253 e. The molecule has 1 N–H and O–H groups in total. The van der Waals surface area contributed by atoms with Crippen LogP contribution in [-0.4, -0.2) is 58.4 Å². The summed E-state index contributed by atoms with van der Waals surface area (Å²) in [5.74, 6) is -0.234. The maximum absolute atomic E-state index is 13.2. The van der Waals surface area contributed by atoms with Crippen molar-refractivity contribution in [2.75, 3.05) is 19.7 Å². The molecule has 1 aromatic heterocycles. The number of benzene rings is 2. The Morgan fingerprint density at radius 2 is 1.69 bits per heavy atom. The number of aliphatic hydroxyl groups is 1. The number of nitrogens with zero attached hydrogens (tertiary/aromatic N) is 2. The van der Waals surface area contributed by atoms with Crippen LogP contribution in [0.1, 0.15) is 40.1 Å². The van der Waals surface area contributed by atoms with Crippen LogP contribution in [0.15, 0.2) is 71.5 Å². The Morgan fingerprint density at radius 3 is 2.31 bits per heavy atom. The number of furan rings is 1. The second-order valence-electron chi connectivity index (χ2n) is 8.45. The van der Waals surface area contributed by atoms with E-state index in [9.17, 15) is 9.59 Å². The number of hydrogen-bond donors (Lipinski definition) is 1. The van der Waals surface area contributed by atoms with E-state index < -0.39 is 6.61 Å². The summed E-state index contributed by atoms with van der Waals surface area (Å²) in [5, 5.41) is 9.01. The average molecular weight is 433 g/mol. The Balaban J connectivity index is 1.43. The van der Waals surface area contributed by atoms with Gasteiger partial charge in [0.05, 0.1) is 12.5 Å². The molecule has 2 atom stereocenters. The zero-order valence-electron chi connectivity index (χ0n) is 18.4. The first kappa shape index (κ1) is 22.0. The normalized spacial score (nSPS) is 19.2. The number of amides is 1. The molecule has 0 unspecified atom stereocenters. The third kappa shape index (κ3) is 4.66. The molecule has 0 radical (unpaired) electrons. The van der Waals surface area contributed by atoms with Crippen molar-refractivity contribution in [3.8, 4) is 11.1 Å². The molecule has 1 fully saturated rings. The zero-order valence-corrected chi connectivity index (χ0v) is 18.4. The van der Waals surface area contributed by atoms with Crippen molar-refractivity contribution in [3.05, 3.63) is 83.8 Å². The molecule has 0 aliphatic carbocycles. The molecule has 166 valence electrons. The standard InChI is InChI=1S/C26H28N2O4/c1-18-13-27(26(31)23-5-3-4-22(12-23)24-10-11-32-17-24)14-19(2)28(18)15-20-6-8-21(9-7-20)25(30)16-29/h3-12,17-19,29H,13-16H2,1-2H3/t18-,19+. The average Bonchev–Trinajstić information content (AvgIpc) is 3.36. The minimum Gasteiger partial charge on any atom is -0.472 e. The van der Waals surface area contributed by atoms with Crippen molar-refractivity contribution in [1.29, 1.82) is 0 Å². The summed E-state index contributed by atoms with van der Waals surface area (Å²) in [6.45, 7) is 5.85. The molecule has 4 rings (SSSR count). The van der Waals surface area contributed by atoms with E-state index in [4.69, 9.17) is 9.52 Å². The quantitative estimate of drug-likeness (QED) is 0.599. The summed E-state index contributed by atoms with van der Waals surface area (Å²) in [6, 6.07) is 17.3. The van der Waals surface area contributed by atoms with Gasteiger partial charge in [-0.25, -0.2) is 0 Å². The van der Waals surface area contributed by atoms with Crippen LogP contribution in [0.25, 0.3) is 11.1 Å². The van der Waals surface area contributed by atoms with Gasteiger partial charge in [-0.3, -0.25) is 14.5 Å². The highest BCUT2D eigenvalue weighted by Gasteiger charge is 2.32. The summed E-state index contributed by atoms with van der Waals surface area (Å²) < 4.78 is 5.17. The number of carbonyl (C=O) groups excluding carboxylic acids is 2. The van der Waals surface area contributed by atoms with Crippen LogP contribution in [0.2, 0.25) is 0 Å². The predicted molar refractivity (Wildman–Crippen MR) is 122 cm³/mol. The van der Waals surface area contributed by atoms with Gasteiger partial charge in [-0.15, -0.1) is 0 Å². The van der Waals surface area contributed by atoms with Crippen molar-refractivity contribution in [1.82, 2.24) is 9.80 Å². The molecule has 6 nitrogen and oxygen atoms in total. The first-order chi connectivity index (χ1) is 15.5. The van der Waals surface area contributed by atoms with Crippen LogP contribution in [-0.2, 0) is 6.54 Å². The molecule has 1 aliphatic rings. The lowest BCUT2D eigenvalue weighted by atomic mass is 10.0. The van der Waals surface area contributed by atoms with Crippen molar-refractivity contribution in [2.45, 2.75) is 32.5 Å². The molecule has 0 bridgehead atoms. The van der Waals surface area contributed by atoms with Crippen LogP contribution in [0.3, 0.4) is 0 Å². The lowest BCUT2D eigenvalue weighted by Gasteiger charge is -2.44. The van der Waals surface area contributed by atoms with E-state index in [0.717, 1.165) is 23.2 Å². The Hall–Kier alpha value is -3.22. The molecule has 1 amide bonds. The zero-order chi connectivity index (χ0) is 22.7. The monoisotopic (exact) mass is 432 g/mol. The molecular weight excluding hydrogens is 404 g/mol. The number of ketones is 1. The highest BCUT2D eigenvalue weighted by molar-refractivity contribution is 5.97. The van der Waals surface area contributed by atoms with E-state index in [1.165, 1.54) is 0 Å². The van der Waals surface area contributed by atoms with E-state index in [1.54, 1.807) is 24.7 Å². The highest BCUT2D eigenvalue weighted by atomic mass is 16.3. The summed E-state index contributed by atoms with van der Waals surface area (Å²) in [7, 11) is 0. The minimum atomic E-state index is -0.478. The number of carbonyl (C=O) groups is 2. The molecule has 2 aromatic carbocycles. The highest BCUT2D eigenvalue weighted by Crippen LogP contribution is 2.24. The second-order valence-corrected chi connectivity index (χ2v) is 8.45. The van der Waals surface area contributed by atoms with Gasteiger partial charge in [-0.2, -0.15) is 0 Å². The van der Waals surface area contributed by atoms with E-state index in [1.807, 2.05) is 47.4 Å². The molecule has 6 heteroatoms. The number of rotatable bonds is 6. The van der Waals surface area contributed by atoms with E-state index in [0.29, 0.717) is 24.2 Å². The Bertz CT molecular complexity index is 1060. The van der Waals surface area contributed by atoms with Crippen molar-refractivity contribution in [2.24, 2.45) is 0 Å². The van der Waals surface area contributed by atoms with Gasteiger partial charge < -0.3 is 14.4 Å². The van der Waals surface area contributed by atoms with Crippen molar-refractivity contribution in [3.63, 3.8) is 0 Å². The van der Waals surface area contributed by atoms with Crippen LogP contribution in [0, 0.1) is 0 Å². The molecule has 0 spiro atoms. The van der Waals surface area contributed by atoms with Crippen LogP contribution >= 0.6 is 0 Å². The van der Waals surface area contributed by atoms with Gasteiger partial charge in [0.2, 0.25) is 0 Å². The molecule has 0 saturated carbocycles. The first-order valence-electron chi connectivity index (χ1n) is 10.9. The van der Waals surface area contributed by atoms with Gasteiger partial charge in [0.15, 0.2) is 5.78 Å². The molecule has 1 saturated heterocycles. The topological polar surface area (TPSA) is 74.0 Å². The first-order valence-corrected chi connectivity index (χ1v) is 10.9. The number of piperazine rings is 1. The summed E-state index contributed by atoms with van der Waals surface area (Å²) >= 11 is 0. The maximum Gasteiger partial charge on any atom is 0.253 e. The largest absolute Gasteiger partial charge is 0.472 e. The minimum absolute atomic E-state index is 0.0422. The second kappa shape index (κ2) is 9.51. The van der Waals surface area contributed by atoms with E-state index >= 15 is 0 Å². The van der Waals surface area contributed by atoms with Crippen molar-refractivity contribution >= 4 is 11.7 Å². The Labute approximate surface area is 188 Å². The molecule has 3 aromatic rings. The van der Waals surface area contributed by atoms with Gasteiger partial charge in [-0.05, 0) is 43.2 Å². The molecular formula is C26H28N2O4. The summed E-state index contributed by atoms with van der Waals surface area (Å²) in [5.41, 5.74) is 4.22. The third-order valence-corrected chi connectivity index (χ3v) is 6.14. The lowest BCUT2D eigenvalue weighted by Crippen LogP contribution is -2.57. The lowest BCUT2D eigenvalue weighted by molar-refractivity contribution is 0.0270. The Kier molecular flexibility index (Phi) is 6.53. The maximum atomic E-state index is 13.2. The molecule has 32 heavy (non-hydrogen) atoms. The van der Waals surface area contributed by atoms with Gasteiger partial charge in [0, 0.05) is 48.4 Å². The van der Waals surface area contributed by atoms with Gasteiger partial charge >= 0.3 is 0 Å². The van der Waals surface area contributed by atoms with Crippen LogP contribution in [0.4, 0.5) is 0 Å².